The van der Waals surface area contributed by atoms with Crippen LogP contribution in [0.3, 0.4) is 0 Å². The fraction of sp³-hybridized carbons (Fsp3) is 0.200. The summed E-state index contributed by atoms with van der Waals surface area (Å²) in [6.45, 7) is 2.01. The molecule has 5 nitrogen and oxygen atoms in total. The van der Waals surface area contributed by atoms with Crippen molar-refractivity contribution >= 4 is 34.2 Å². The number of aromatic nitrogens is 2. The van der Waals surface area contributed by atoms with Crippen LogP contribution in [0.4, 0.5) is 0 Å². The van der Waals surface area contributed by atoms with Gasteiger partial charge in [-0.3, -0.25) is 9.69 Å². The summed E-state index contributed by atoms with van der Waals surface area (Å²) in [5.41, 5.74) is 3.04. The predicted octanol–water partition coefficient (Wildman–Crippen LogP) is 4.19. The highest BCUT2D eigenvalue weighted by Gasteiger charge is 2.37. The highest BCUT2D eigenvalue weighted by molar-refractivity contribution is 8.23. The van der Waals surface area contributed by atoms with E-state index in [0.29, 0.717) is 28.3 Å². The summed E-state index contributed by atoms with van der Waals surface area (Å²) < 4.78 is 6.54. The van der Waals surface area contributed by atoms with Crippen LogP contribution in [0.25, 0.3) is 11.5 Å². The summed E-state index contributed by atoms with van der Waals surface area (Å²) in [4.78, 5) is 14.1. The van der Waals surface area contributed by atoms with Gasteiger partial charge in [-0.15, -0.1) is 10.2 Å². The number of rotatable bonds is 5. The number of carbonyl (C=O) groups is 1. The molecular formula is C20H17N3O2S2. The highest BCUT2D eigenvalue weighted by Crippen LogP contribution is 2.33. The molecule has 3 aromatic rings. The molecule has 2 aromatic carbocycles. The Balaban J connectivity index is 1.70. The van der Waals surface area contributed by atoms with Crippen LogP contribution in [0.5, 0.6) is 0 Å². The van der Waals surface area contributed by atoms with Gasteiger partial charge in [0.25, 0.3) is 0 Å². The first-order valence-corrected chi connectivity index (χ1v) is 9.94. The first-order valence-electron chi connectivity index (χ1n) is 8.55. The Kier molecular flexibility index (Phi) is 5.05. The third-order valence-corrected chi connectivity index (χ3v) is 5.74. The first-order chi connectivity index (χ1) is 13.1. The minimum absolute atomic E-state index is 0.0266. The Labute approximate surface area is 166 Å². The van der Waals surface area contributed by atoms with Crippen LogP contribution < -0.4 is 0 Å². The van der Waals surface area contributed by atoms with Crippen molar-refractivity contribution in [1.29, 1.82) is 0 Å². The number of thioether (sulfide) groups is 1. The van der Waals surface area contributed by atoms with Gasteiger partial charge in [0.1, 0.15) is 10.4 Å². The fourth-order valence-corrected chi connectivity index (χ4v) is 4.22. The maximum absolute atomic E-state index is 12.4. The number of nitrogens with zero attached hydrogens (tertiary/aromatic N) is 3. The Morgan fingerprint density at radius 2 is 2.00 bits per heavy atom. The summed E-state index contributed by atoms with van der Waals surface area (Å²) in [6, 6.07) is 17.4. The number of aryl methyl sites for hydroxylation is 1. The lowest BCUT2D eigenvalue weighted by atomic mass is 10.0. The molecule has 4 rings (SSSR count). The van der Waals surface area contributed by atoms with Crippen LogP contribution in [-0.2, 0) is 11.2 Å². The lowest BCUT2D eigenvalue weighted by molar-refractivity contribution is -0.125. The van der Waals surface area contributed by atoms with Crippen molar-refractivity contribution in [3.8, 4) is 11.5 Å². The van der Waals surface area contributed by atoms with Crippen LogP contribution in [-0.4, -0.2) is 31.1 Å². The monoisotopic (exact) mass is 395 g/mol. The molecule has 1 aliphatic rings. The zero-order chi connectivity index (χ0) is 18.8. The molecule has 2 heterocycles. The van der Waals surface area contributed by atoms with Crippen molar-refractivity contribution in [3.63, 3.8) is 0 Å². The number of benzene rings is 2. The quantitative estimate of drug-likeness (QED) is 0.604. The predicted molar refractivity (Wildman–Crippen MR) is 109 cm³/mol. The normalized spacial score (nSPS) is 15.4. The van der Waals surface area contributed by atoms with E-state index in [1.54, 1.807) is 4.90 Å². The first kappa shape index (κ1) is 17.9. The van der Waals surface area contributed by atoms with E-state index in [1.807, 2.05) is 61.5 Å². The third kappa shape index (κ3) is 3.79. The van der Waals surface area contributed by atoms with Gasteiger partial charge >= 0.3 is 0 Å². The Bertz CT molecular complexity index is 972. The lowest BCUT2D eigenvalue weighted by Crippen LogP contribution is -2.34. The standard InChI is InChI=1S/C20H17N3O2S2/c1-13-6-5-9-15(10-13)18-21-22-19(25-18)16(11-14-7-3-2-4-8-14)23-17(24)12-27-20(23)26/h2-10,16H,11-12H2,1H3/t16-/m0/s1. The van der Waals surface area contributed by atoms with E-state index in [4.69, 9.17) is 16.6 Å². The minimum atomic E-state index is -0.409. The molecule has 27 heavy (non-hydrogen) atoms. The molecule has 1 fully saturated rings. The molecule has 0 unspecified atom stereocenters. The van der Waals surface area contributed by atoms with E-state index < -0.39 is 6.04 Å². The number of carbonyl (C=O) groups excluding carboxylic acids is 1. The topological polar surface area (TPSA) is 59.2 Å². The van der Waals surface area contributed by atoms with Gasteiger partial charge in [-0.25, -0.2) is 0 Å². The van der Waals surface area contributed by atoms with Gasteiger partial charge in [-0.05, 0) is 24.6 Å². The van der Waals surface area contributed by atoms with E-state index in [9.17, 15) is 4.79 Å². The van der Waals surface area contributed by atoms with Crippen molar-refractivity contribution < 1.29 is 9.21 Å². The number of thiocarbonyl (C=S) groups is 1. The van der Waals surface area contributed by atoms with Crippen LogP contribution in [0, 0.1) is 6.92 Å². The summed E-state index contributed by atoms with van der Waals surface area (Å²) >= 11 is 6.78. The summed E-state index contributed by atoms with van der Waals surface area (Å²) in [6.07, 6.45) is 0.558. The fourth-order valence-electron chi connectivity index (χ4n) is 3.06. The van der Waals surface area contributed by atoms with E-state index in [0.717, 1.165) is 16.7 Å². The molecule has 0 radical (unpaired) electrons. The van der Waals surface area contributed by atoms with E-state index in [2.05, 4.69) is 10.2 Å². The van der Waals surface area contributed by atoms with Gasteiger partial charge in [-0.1, -0.05) is 72.0 Å². The Morgan fingerprint density at radius 1 is 1.19 bits per heavy atom. The van der Waals surface area contributed by atoms with Crippen LogP contribution in [0.1, 0.15) is 23.1 Å². The van der Waals surface area contributed by atoms with Crippen molar-refractivity contribution in [2.24, 2.45) is 0 Å². The smallest absolute Gasteiger partial charge is 0.247 e. The van der Waals surface area contributed by atoms with Crippen molar-refractivity contribution in [1.82, 2.24) is 15.1 Å². The largest absolute Gasteiger partial charge is 0.418 e. The Hall–Kier alpha value is -2.51. The lowest BCUT2D eigenvalue weighted by Gasteiger charge is -2.24. The van der Waals surface area contributed by atoms with Gasteiger partial charge < -0.3 is 4.42 Å². The van der Waals surface area contributed by atoms with Gasteiger partial charge in [-0.2, -0.15) is 0 Å². The Morgan fingerprint density at radius 3 is 2.70 bits per heavy atom. The van der Waals surface area contributed by atoms with Crippen molar-refractivity contribution in [2.45, 2.75) is 19.4 Å². The molecule has 0 aliphatic carbocycles. The van der Waals surface area contributed by atoms with Gasteiger partial charge in [0, 0.05) is 12.0 Å². The van der Waals surface area contributed by atoms with Gasteiger partial charge in [0.05, 0.1) is 5.75 Å². The van der Waals surface area contributed by atoms with Gasteiger partial charge in [0.15, 0.2) is 0 Å². The molecule has 1 atom stereocenters. The summed E-state index contributed by atoms with van der Waals surface area (Å²) in [5, 5.41) is 8.46. The minimum Gasteiger partial charge on any atom is -0.418 e. The molecule has 0 bridgehead atoms. The van der Waals surface area contributed by atoms with E-state index in [-0.39, 0.29) is 5.91 Å². The molecule has 1 saturated heterocycles. The van der Waals surface area contributed by atoms with Crippen LogP contribution in [0.2, 0.25) is 0 Å². The van der Waals surface area contributed by atoms with Gasteiger partial charge in [0.2, 0.25) is 17.7 Å². The number of hydrogen-bond donors (Lipinski definition) is 0. The SMILES string of the molecule is Cc1cccc(-c2nnc([C@H](Cc3ccccc3)N3C(=O)CSC3=S)o2)c1. The zero-order valence-electron chi connectivity index (χ0n) is 14.7. The second-order valence-electron chi connectivity index (χ2n) is 6.34. The van der Waals surface area contributed by atoms with Crippen molar-refractivity contribution in [3.05, 3.63) is 71.6 Å². The molecule has 136 valence electrons. The zero-order valence-corrected chi connectivity index (χ0v) is 16.3. The maximum Gasteiger partial charge on any atom is 0.247 e. The molecule has 1 amide bonds. The second kappa shape index (κ2) is 7.62. The van der Waals surface area contributed by atoms with E-state index >= 15 is 0 Å². The maximum atomic E-state index is 12.4. The molecule has 7 heteroatoms. The average molecular weight is 396 g/mol. The number of amides is 1. The van der Waals surface area contributed by atoms with Crippen LogP contribution >= 0.6 is 24.0 Å². The molecule has 1 aromatic heterocycles. The molecular weight excluding hydrogens is 378 g/mol. The molecule has 0 N–H and O–H groups in total. The summed E-state index contributed by atoms with van der Waals surface area (Å²) in [5.74, 6) is 1.16. The van der Waals surface area contributed by atoms with Crippen molar-refractivity contribution in [2.75, 3.05) is 5.75 Å². The highest BCUT2D eigenvalue weighted by atomic mass is 32.2. The number of hydrogen-bond acceptors (Lipinski definition) is 6. The summed E-state index contributed by atoms with van der Waals surface area (Å²) in [7, 11) is 0. The third-order valence-electron chi connectivity index (χ3n) is 4.36. The molecule has 0 saturated carbocycles. The molecule has 1 aliphatic heterocycles. The van der Waals surface area contributed by atoms with E-state index in [1.165, 1.54) is 11.8 Å². The average Bonchev–Trinajstić information content (AvgIpc) is 3.28. The molecule has 0 spiro atoms. The second-order valence-corrected chi connectivity index (χ2v) is 7.95. The van der Waals surface area contributed by atoms with Crippen LogP contribution in [0.15, 0.2) is 59.0 Å².